The molecule has 1 aromatic heterocycles. The van der Waals surface area contributed by atoms with E-state index in [4.69, 9.17) is 9.47 Å². The lowest BCUT2D eigenvalue weighted by Crippen LogP contribution is -2.28. The normalized spacial score (nSPS) is 12.2. The maximum Gasteiger partial charge on any atom is 0.321 e. The van der Waals surface area contributed by atoms with Crippen LogP contribution in [0.4, 0.5) is 0 Å². The molecule has 0 fully saturated rings. The van der Waals surface area contributed by atoms with Crippen LogP contribution in [0, 0.1) is 6.92 Å². The number of ketones is 2. The molecule has 48 heavy (non-hydrogen) atoms. The molecule has 0 unspecified atom stereocenters. The van der Waals surface area contributed by atoms with Crippen LogP contribution in [-0.4, -0.2) is 51.7 Å². The van der Waals surface area contributed by atoms with Crippen LogP contribution in [-0.2, 0) is 25.6 Å². The molecule has 0 saturated carbocycles. The van der Waals surface area contributed by atoms with Gasteiger partial charge in [-0.2, -0.15) is 0 Å². The summed E-state index contributed by atoms with van der Waals surface area (Å²) in [6.45, 7) is 8.04. The van der Waals surface area contributed by atoms with Crippen molar-refractivity contribution in [1.29, 1.82) is 0 Å². The van der Waals surface area contributed by atoms with Crippen LogP contribution >= 0.6 is 0 Å². The Morgan fingerprint density at radius 1 is 0.688 bits per heavy atom. The monoisotopic (exact) mass is 651 g/mol. The molecule has 0 aliphatic rings. The first-order valence-electron chi connectivity index (χ1n) is 16.9. The fourth-order valence-corrected chi connectivity index (χ4v) is 5.91. The fraction of sp³-hybridized carbons (Fsp3) is 0.385. The molecule has 0 bridgehead atoms. The molecule has 9 heteroatoms. The summed E-state index contributed by atoms with van der Waals surface area (Å²) in [6.07, 6.45) is 8.39. The third-order valence-corrected chi connectivity index (χ3v) is 8.19. The van der Waals surface area contributed by atoms with Gasteiger partial charge in [0.25, 0.3) is 0 Å². The smallest absolute Gasteiger partial charge is 0.321 e. The molecular weight excluding hydrogens is 606 g/mol. The lowest BCUT2D eigenvalue weighted by atomic mass is 9.79. The first kappa shape index (κ1) is 35.9. The standard InChI is InChI=1S/C39H45N3O6/c1-5-8-9-10-11-18-23-42-26-32(40-41-42)33-30(34(38(45)47-6-2)36(43)28-19-14-12-15-20-28)24-27(4)25-31(33)35(39(46)48-7-3)37(44)29-21-16-13-17-22-29/h12-17,19-22,24-26,34-35H,5-11,18,23H2,1-4H3/t34-,35+. The van der Waals surface area contributed by atoms with Crippen molar-refractivity contribution in [3.05, 3.63) is 107 Å². The summed E-state index contributed by atoms with van der Waals surface area (Å²) in [4.78, 5) is 55.8. The molecule has 0 spiro atoms. The highest BCUT2D eigenvalue weighted by molar-refractivity contribution is 6.16. The summed E-state index contributed by atoms with van der Waals surface area (Å²) in [7, 11) is 0. The fourth-order valence-electron chi connectivity index (χ4n) is 5.91. The van der Waals surface area contributed by atoms with Gasteiger partial charge in [0.15, 0.2) is 11.6 Å². The van der Waals surface area contributed by atoms with Gasteiger partial charge in [-0.3, -0.25) is 23.9 Å². The molecule has 1 heterocycles. The van der Waals surface area contributed by atoms with Crippen molar-refractivity contribution in [2.24, 2.45) is 0 Å². The minimum Gasteiger partial charge on any atom is -0.465 e. The van der Waals surface area contributed by atoms with Gasteiger partial charge in [0.1, 0.15) is 17.5 Å². The van der Waals surface area contributed by atoms with Gasteiger partial charge in [-0.1, -0.05) is 123 Å². The average molecular weight is 652 g/mol. The van der Waals surface area contributed by atoms with Crippen molar-refractivity contribution in [2.75, 3.05) is 13.2 Å². The quantitative estimate of drug-likeness (QED) is 0.0466. The second-order valence-electron chi connectivity index (χ2n) is 11.8. The minimum absolute atomic E-state index is 0.0534. The van der Waals surface area contributed by atoms with Crippen molar-refractivity contribution < 1.29 is 28.7 Å². The second kappa shape index (κ2) is 17.8. The van der Waals surface area contributed by atoms with Crippen molar-refractivity contribution in [3.8, 4) is 11.3 Å². The number of unbranched alkanes of at least 4 members (excludes halogenated alkanes) is 5. The Hall–Kier alpha value is -4.92. The molecule has 0 amide bonds. The molecule has 2 atom stereocenters. The Morgan fingerprint density at radius 3 is 1.65 bits per heavy atom. The highest BCUT2D eigenvalue weighted by atomic mass is 16.5. The van der Waals surface area contributed by atoms with Gasteiger partial charge in [0.05, 0.1) is 19.4 Å². The van der Waals surface area contributed by atoms with Crippen LogP contribution in [0.15, 0.2) is 79.0 Å². The molecule has 252 valence electrons. The molecular formula is C39H45N3O6. The van der Waals surface area contributed by atoms with Crippen LogP contribution in [0.1, 0.15) is 109 Å². The van der Waals surface area contributed by atoms with Gasteiger partial charge in [0, 0.05) is 23.2 Å². The van der Waals surface area contributed by atoms with E-state index in [1.807, 2.05) is 0 Å². The van der Waals surface area contributed by atoms with E-state index < -0.39 is 35.3 Å². The average Bonchev–Trinajstić information content (AvgIpc) is 3.55. The van der Waals surface area contributed by atoms with Crippen LogP contribution in [0.25, 0.3) is 11.3 Å². The lowest BCUT2D eigenvalue weighted by molar-refractivity contribution is -0.144. The zero-order valence-corrected chi connectivity index (χ0v) is 28.3. The summed E-state index contributed by atoms with van der Waals surface area (Å²) in [5.74, 6) is -5.25. The van der Waals surface area contributed by atoms with Crippen LogP contribution in [0.3, 0.4) is 0 Å². The molecule has 0 radical (unpaired) electrons. The molecule has 9 nitrogen and oxygen atoms in total. The third kappa shape index (κ3) is 8.91. The SMILES string of the molecule is CCCCCCCCn1cc(-c2c([C@H](C(=O)OCC)C(=O)c3ccccc3)cc(C)cc2[C@@H](C(=O)OCC)C(=O)c2ccccc2)nn1. The van der Waals surface area contributed by atoms with E-state index >= 15 is 0 Å². The van der Waals surface area contributed by atoms with Crippen molar-refractivity contribution in [1.82, 2.24) is 15.0 Å². The number of carbonyl (C=O) groups excluding carboxylic acids is 4. The topological polar surface area (TPSA) is 117 Å². The van der Waals surface area contributed by atoms with E-state index in [0.717, 1.165) is 19.3 Å². The number of esters is 2. The summed E-state index contributed by atoms with van der Waals surface area (Å²) in [5.41, 5.74) is 2.46. The summed E-state index contributed by atoms with van der Waals surface area (Å²) >= 11 is 0. The van der Waals surface area contributed by atoms with Gasteiger partial charge in [-0.25, -0.2) is 0 Å². The maximum absolute atomic E-state index is 14.2. The van der Waals surface area contributed by atoms with E-state index in [0.29, 0.717) is 34.5 Å². The maximum atomic E-state index is 14.2. The molecule has 0 aliphatic carbocycles. The number of ether oxygens (including phenoxy) is 2. The predicted molar refractivity (Wildman–Crippen MR) is 184 cm³/mol. The molecule has 3 aromatic carbocycles. The largest absolute Gasteiger partial charge is 0.465 e. The first-order chi connectivity index (χ1) is 23.3. The van der Waals surface area contributed by atoms with Gasteiger partial charge in [-0.15, -0.1) is 5.10 Å². The number of rotatable bonds is 18. The van der Waals surface area contributed by atoms with Crippen molar-refractivity contribution in [2.45, 2.75) is 84.6 Å². The number of aromatic nitrogens is 3. The lowest BCUT2D eigenvalue weighted by Gasteiger charge is -2.24. The van der Waals surface area contributed by atoms with Gasteiger partial charge >= 0.3 is 11.9 Å². The zero-order chi connectivity index (χ0) is 34.5. The molecule has 4 rings (SSSR count). The zero-order valence-electron chi connectivity index (χ0n) is 28.3. The van der Waals surface area contributed by atoms with Crippen LogP contribution in [0.2, 0.25) is 0 Å². The molecule has 0 aliphatic heterocycles. The summed E-state index contributed by atoms with van der Waals surface area (Å²) in [5, 5.41) is 8.87. The second-order valence-corrected chi connectivity index (χ2v) is 11.8. The Labute approximate surface area is 282 Å². The number of carbonyl (C=O) groups is 4. The van der Waals surface area contributed by atoms with E-state index in [1.54, 1.807) is 104 Å². The van der Waals surface area contributed by atoms with E-state index in [1.165, 1.54) is 19.3 Å². The highest BCUT2D eigenvalue weighted by Crippen LogP contribution is 2.40. The van der Waals surface area contributed by atoms with Gasteiger partial charge in [-0.05, 0) is 38.3 Å². The number of aryl methyl sites for hydroxylation is 2. The Bertz CT molecular complexity index is 1590. The number of Topliss-reactive ketones (excluding diaryl/α,β-unsaturated/α-hetero) is 2. The Morgan fingerprint density at radius 2 is 1.17 bits per heavy atom. The third-order valence-electron chi connectivity index (χ3n) is 8.19. The summed E-state index contributed by atoms with van der Waals surface area (Å²) < 4.78 is 12.7. The van der Waals surface area contributed by atoms with E-state index in [-0.39, 0.29) is 24.3 Å². The molecule has 4 aromatic rings. The molecule has 0 N–H and O–H groups in total. The van der Waals surface area contributed by atoms with Gasteiger partial charge in [0.2, 0.25) is 0 Å². The number of nitrogens with zero attached hydrogens (tertiary/aromatic N) is 3. The van der Waals surface area contributed by atoms with Crippen LogP contribution < -0.4 is 0 Å². The van der Waals surface area contributed by atoms with E-state index in [9.17, 15) is 19.2 Å². The Balaban J connectivity index is 1.94. The number of hydrogen-bond donors (Lipinski definition) is 0. The van der Waals surface area contributed by atoms with Crippen molar-refractivity contribution in [3.63, 3.8) is 0 Å². The first-order valence-corrected chi connectivity index (χ1v) is 16.9. The predicted octanol–water partition coefficient (Wildman–Crippen LogP) is 7.67. The summed E-state index contributed by atoms with van der Waals surface area (Å²) in [6, 6.07) is 20.5. The minimum atomic E-state index is -1.40. The number of hydrogen-bond acceptors (Lipinski definition) is 8. The van der Waals surface area contributed by atoms with E-state index in [2.05, 4.69) is 17.2 Å². The highest BCUT2D eigenvalue weighted by Gasteiger charge is 2.39. The molecule has 0 saturated heterocycles. The van der Waals surface area contributed by atoms with Gasteiger partial charge < -0.3 is 9.47 Å². The Kier molecular flexibility index (Phi) is 13.4. The van der Waals surface area contributed by atoms with Crippen molar-refractivity contribution >= 4 is 23.5 Å². The van der Waals surface area contributed by atoms with Crippen LogP contribution in [0.5, 0.6) is 0 Å². The number of benzene rings is 3.